The number of benzene rings is 2. The molecule has 2 N–H and O–H groups in total. The molecule has 0 radical (unpaired) electrons. The predicted molar refractivity (Wildman–Crippen MR) is 125 cm³/mol. The summed E-state index contributed by atoms with van der Waals surface area (Å²) >= 11 is 0. The molecule has 5 heteroatoms. The lowest BCUT2D eigenvalue weighted by atomic mass is 9.98. The van der Waals surface area contributed by atoms with Crippen LogP contribution in [0.5, 0.6) is 5.75 Å². The Hall–Kier alpha value is -2.82. The van der Waals surface area contributed by atoms with Crippen molar-refractivity contribution in [2.45, 2.75) is 65.5 Å². The van der Waals surface area contributed by atoms with Crippen molar-refractivity contribution in [3.63, 3.8) is 0 Å². The van der Waals surface area contributed by atoms with Crippen LogP contribution in [-0.4, -0.2) is 24.5 Å². The fraction of sp³-hybridized carbons (Fsp3) is 0.462. The number of amides is 2. The second-order valence-corrected chi connectivity index (χ2v) is 8.51. The highest BCUT2D eigenvalue weighted by atomic mass is 16.5. The molecule has 2 amide bonds. The quantitative estimate of drug-likeness (QED) is 0.534. The first-order valence-electron chi connectivity index (χ1n) is 11.2. The van der Waals surface area contributed by atoms with Crippen LogP contribution in [-0.2, 0) is 9.59 Å². The zero-order chi connectivity index (χ0) is 22.8. The van der Waals surface area contributed by atoms with Crippen LogP contribution in [0, 0.1) is 5.92 Å². The van der Waals surface area contributed by atoms with E-state index in [1.54, 1.807) is 0 Å². The molecule has 0 aliphatic carbocycles. The molecular formula is C26H36N2O3. The van der Waals surface area contributed by atoms with E-state index in [4.69, 9.17) is 4.74 Å². The molecule has 2 rings (SSSR count). The van der Waals surface area contributed by atoms with Crippen LogP contribution in [0.25, 0.3) is 0 Å². The monoisotopic (exact) mass is 424 g/mol. The van der Waals surface area contributed by atoms with Crippen molar-refractivity contribution in [2.75, 3.05) is 6.61 Å². The Kier molecular flexibility index (Phi) is 9.57. The standard InChI is InChI=1S/C26H36N2O3/c1-6-10-19(4)17-31-23-15-13-22(14-16-23)24(26(30)27-18(2)3)28-25(29)20(5)21-11-8-7-9-12-21/h7-9,11-16,18-20,24H,6,10,17H2,1-5H3,(H,27,30)(H,28,29)/t19?,20-,24+/m0/s1. The molecule has 0 aliphatic heterocycles. The molecule has 0 bridgehead atoms. The van der Waals surface area contributed by atoms with Crippen LogP contribution in [0.1, 0.15) is 70.5 Å². The summed E-state index contributed by atoms with van der Waals surface area (Å²) in [5.74, 6) is 0.475. The fourth-order valence-corrected chi connectivity index (χ4v) is 3.40. The van der Waals surface area contributed by atoms with Crippen molar-refractivity contribution in [2.24, 2.45) is 5.92 Å². The Morgan fingerprint density at radius 2 is 1.48 bits per heavy atom. The molecule has 0 aliphatic rings. The van der Waals surface area contributed by atoms with E-state index >= 15 is 0 Å². The Balaban J connectivity index is 2.14. The van der Waals surface area contributed by atoms with Gasteiger partial charge in [0.15, 0.2) is 0 Å². The van der Waals surface area contributed by atoms with E-state index < -0.39 is 6.04 Å². The van der Waals surface area contributed by atoms with Crippen molar-refractivity contribution in [1.82, 2.24) is 10.6 Å². The first-order valence-corrected chi connectivity index (χ1v) is 11.2. The predicted octanol–water partition coefficient (Wildman–Crippen LogP) is 4.99. The Bertz CT molecular complexity index is 818. The lowest BCUT2D eigenvalue weighted by Crippen LogP contribution is -2.43. The minimum absolute atomic E-state index is 0.0268. The van der Waals surface area contributed by atoms with Crippen LogP contribution < -0.4 is 15.4 Å². The lowest BCUT2D eigenvalue weighted by molar-refractivity contribution is -0.130. The molecule has 0 aromatic heterocycles. The van der Waals surface area contributed by atoms with Crippen molar-refractivity contribution in [1.29, 1.82) is 0 Å². The zero-order valence-corrected chi connectivity index (χ0v) is 19.4. The van der Waals surface area contributed by atoms with Crippen LogP contribution >= 0.6 is 0 Å². The minimum Gasteiger partial charge on any atom is -0.493 e. The third-order valence-electron chi connectivity index (χ3n) is 5.20. The van der Waals surface area contributed by atoms with Gasteiger partial charge in [-0.25, -0.2) is 0 Å². The molecule has 0 fully saturated rings. The van der Waals surface area contributed by atoms with E-state index in [1.165, 1.54) is 0 Å². The molecule has 0 saturated carbocycles. The Morgan fingerprint density at radius 1 is 0.839 bits per heavy atom. The Morgan fingerprint density at radius 3 is 2.06 bits per heavy atom. The largest absolute Gasteiger partial charge is 0.493 e. The first-order chi connectivity index (χ1) is 14.8. The van der Waals surface area contributed by atoms with Crippen molar-refractivity contribution >= 4 is 11.8 Å². The van der Waals surface area contributed by atoms with Gasteiger partial charge in [0.1, 0.15) is 11.8 Å². The topological polar surface area (TPSA) is 67.4 Å². The summed E-state index contributed by atoms with van der Waals surface area (Å²) in [5, 5.41) is 5.84. The van der Waals surface area contributed by atoms with Crippen molar-refractivity contribution in [3.8, 4) is 5.75 Å². The van der Waals surface area contributed by atoms with Gasteiger partial charge in [-0.05, 0) is 56.4 Å². The number of ether oxygens (including phenoxy) is 1. The SMILES string of the molecule is CCCC(C)COc1ccc([C@@H](NC(=O)[C@@H](C)c2ccccc2)C(=O)NC(C)C)cc1. The van der Waals surface area contributed by atoms with Gasteiger partial charge in [0, 0.05) is 6.04 Å². The second-order valence-electron chi connectivity index (χ2n) is 8.51. The molecule has 168 valence electrons. The number of carbonyl (C=O) groups is 2. The lowest BCUT2D eigenvalue weighted by Gasteiger charge is -2.23. The van der Waals surface area contributed by atoms with Gasteiger partial charge in [0.25, 0.3) is 0 Å². The van der Waals surface area contributed by atoms with Gasteiger partial charge in [-0.2, -0.15) is 0 Å². The average molecular weight is 425 g/mol. The van der Waals surface area contributed by atoms with Gasteiger partial charge in [0.2, 0.25) is 11.8 Å². The highest BCUT2D eigenvalue weighted by Crippen LogP contribution is 2.22. The van der Waals surface area contributed by atoms with E-state index in [0.717, 1.165) is 29.7 Å². The zero-order valence-electron chi connectivity index (χ0n) is 19.4. The maximum Gasteiger partial charge on any atom is 0.247 e. The average Bonchev–Trinajstić information content (AvgIpc) is 2.76. The normalized spacial score (nSPS) is 13.9. The number of carbonyl (C=O) groups excluding carboxylic acids is 2. The molecule has 0 spiro atoms. The number of rotatable bonds is 11. The molecule has 31 heavy (non-hydrogen) atoms. The maximum atomic E-state index is 12.9. The molecule has 5 nitrogen and oxygen atoms in total. The van der Waals surface area contributed by atoms with Crippen LogP contribution in [0.15, 0.2) is 54.6 Å². The second kappa shape index (κ2) is 12.1. The van der Waals surface area contributed by atoms with E-state index in [2.05, 4.69) is 24.5 Å². The van der Waals surface area contributed by atoms with Crippen molar-refractivity contribution < 1.29 is 14.3 Å². The molecule has 3 atom stereocenters. The third kappa shape index (κ3) is 7.74. The van der Waals surface area contributed by atoms with Gasteiger partial charge >= 0.3 is 0 Å². The molecule has 1 unspecified atom stereocenters. The number of nitrogens with one attached hydrogen (secondary N) is 2. The smallest absolute Gasteiger partial charge is 0.247 e. The van der Waals surface area contributed by atoms with Crippen LogP contribution in [0.4, 0.5) is 0 Å². The maximum absolute atomic E-state index is 12.9. The summed E-state index contributed by atoms with van der Waals surface area (Å²) in [6, 6.07) is 16.2. The van der Waals surface area contributed by atoms with Crippen molar-refractivity contribution in [3.05, 3.63) is 65.7 Å². The van der Waals surface area contributed by atoms with E-state index in [1.807, 2.05) is 75.4 Å². The summed E-state index contributed by atoms with van der Waals surface area (Å²) in [6.07, 6.45) is 2.26. The van der Waals surface area contributed by atoms with Gasteiger partial charge in [0.05, 0.1) is 12.5 Å². The minimum atomic E-state index is -0.769. The summed E-state index contributed by atoms with van der Waals surface area (Å²) in [7, 11) is 0. The van der Waals surface area contributed by atoms with Crippen LogP contribution in [0.3, 0.4) is 0 Å². The molecule has 0 heterocycles. The van der Waals surface area contributed by atoms with E-state index in [-0.39, 0.29) is 23.8 Å². The number of hydrogen-bond acceptors (Lipinski definition) is 3. The van der Waals surface area contributed by atoms with Crippen LogP contribution in [0.2, 0.25) is 0 Å². The molecule has 2 aromatic carbocycles. The summed E-state index contributed by atoms with van der Waals surface area (Å²) in [4.78, 5) is 25.8. The highest BCUT2D eigenvalue weighted by Gasteiger charge is 2.26. The summed E-state index contributed by atoms with van der Waals surface area (Å²) in [6.45, 7) is 10.6. The highest BCUT2D eigenvalue weighted by molar-refractivity contribution is 5.91. The molecule has 0 saturated heterocycles. The van der Waals surface area contributed by atoms with E-state index in [0.29, 0.717) is 12.5 Å². The molecule has 2 aromatic rings. The number of hydrogen-bond donors (Lipinski definition) is 2. The van der Waals surface area contributed by atoms with Gasteiger partial charge in [-0.1, -0.05) is 62.7 Å². The van der Waals surface area contributed by atoms with Gasteiger partial charge in [-0.15, -0.1) is 0 Å². The first kappa shape index (κ1) is 24.4. The third-order valence-corrected chi connectivity index (χ3v) is 5.20. The molecular weight excluding hydrogens is 388 g/mol. The summed E-state index contributed by atoms with van der Waals surface area (Å²) < 4.78 is 5.87. The van der Waals surface area contributed by atoms with Gasteiger partial charge in [-0.3, -0.25) is 9.59 Å². The summed E-state index contributed by atoms with van der Waals surface area (Å²) in [5.41, 5.74) is 1.63. The fourth-order valence-electron chi connectivity index (χ4n) is 3.40. The Labute approximate surface area is 186 Å². The van der Waals surface area contributed by atoms with Gasteiger partial charge < -0.3 is 15.4 Å². The van der Waals surface area contributed by atoms with E-state index in [9.17, 15) is 9.59 Å².